The zero-order valence-electron chi connectivity index (χ0n) is 25.7. The molecule has 0 saturated carbocycles. The van der Waals surface area contributed by atoms with Crippen LogP contribution in [0.3, 0.4) is 0 Å². The lowest BCUT2D eigenvalue weighted by molar-refractivity contribution is -0.132. The average Bonchev–Trinajstić information content (AvgIpc) is 3.74. The van der Waals surface area contributed by atoms with Crippen molar-refractivity contribution in [2.45, 2.75) is 55.7 Å². The predicted molar refractivity (Wildman–Crippen MR) is 187 cm³/mol. The molecule has 242 valence electrons. The zero-order chi connectivity index (χ0) is 33.1. The van der Waals surface area contributed by atoms with E-state index in [1.165, 1.54) is 28.0 Å². The van der Waals surface area contributed by atoms with Crippen molar-refractivity contribution in [2.24, 2.45) is 0 Å². The molecule has 1 aliphatic heterocycles. The topological polar surface area (TPSA) is 110 Å². The minimum atomic E-state index is -0.973. The van der Waals surface area contributed by atoms with Crippen LogP contribution in [0.5, 0.6) is 5.75 Å². The van der Waals surface area contributed by atoms with Crippen molar-refractivity contribution in [3.05, 3.63) is 105 Å². The summed E-state index contributed by atoms with van der Waals surface area (Å²) >= 11 is 15.0. The first-order chi connectivity index (χ1) is 22.8. The van der Waals surface area contributed by atoms with Gasteiger partial charge in [0.1, 0.15) is 17.1 Å². The lowest BCUT2D eigenvalue weighted by atomic mass is 9.96. The van der Waals surface area contributed by atoms with Crippen LogP contribution < -0.4 is 9.64 Å². The number of aliphatic hydroxyl groups excluding tert-OH is 1. The standard InChI is InChI=1S/C34H31Cl2N5O4S2/c1-3-4-5-8-17-45-24-14-11-21(12-15-24)29-27(30(42)28-20(2)37-26-9-6-7-16-40(26)28)31(43)32(44)41(29)33-38-39-34(47-33)46-19-22-10-13-23(35)18-25(22)36/h6-7,9-16,18,29,42H,3-5,8,17,19H2,1-2H3/b30-27+. The SMILES string of the molecule is CCCCCCOc1ccc(C2/C(=C(\O)c3c(C)nc4ccccn34)C(=O)C(=O)N2c2nnc(SCc3ccc(Cl)cc3Cl)s2)cc1. The Hall–Kier alpha value is -3.90. The maximum absolute atomic E-state index is 13.8. The number of rotatable bonds is 12. The van der Waals surface area contributed by atoms with Crippen LogP contribution in [0.15, 0.2) is 76.8 Å². The summed E-state index contributed by atoms with van der Waals surface area (Å²) in [6.07, 6.45) is 6.11. The van der Waals surface area contributed by atoms with Crippen molar-refractivity contribution in [3.8, 4) is 5.75 Å². The Morgan fingerprint density at radius 2 is 1.85 bits per heavy atom. The maximum Gasteiger partial charge on any atom is 0.301 e. The molecule has 1 N–H and O–H groups in total. The highest BCUT2D eigenvalue weighted by atomic mass is 35.5. The Bertz CT molecular complexity index is 1970. The molecule has 1 fully saturated rings. The number of aliphatic hydroxyl groups is 1. The van der Waals surface area contributed by atoms with Crippen molar-refractivity contribution in [1.82, 2.24) is 19.6 Å². The number of ketones is 1. The lowest BCUT2D eigenvalue weighted by Crippen LogP contribution is -2.29. The van der Waals surface area contributed by atoms with Gasteiger partial charge in [0.25, 0.3) is 5.78 Å². The Balaban J connectivity index is 1.36. The molecule has 4 heterocycles. The van der Waals surface area contributed by atoms with Gasteiger partial charge in [0, 0.05) is 22.0 Å². The van der Waals surface area contributed by atoms with Crippen LogP contribution in [0.1, 0.15) is 61.2 Å². The average molecular weight is 709 g/mol. The van der Waals surface area contributed by atoms with Gasteiger partial charge < -0.3 is 9.84 Å². The third-order valence-electron chi connectivity index (χ3n) is 7.80. The number of aryl methyl sites for hydroxylation is 1. The molecule has 3 aromatic heterocycles. The lowest BCUT2D eigenvalue weighted by Gasteiger charge is -2.22. The van der Waals surface area contributed by atoms with Gasteiger partial charge in [0.15, 0.2) is 10.1 Å². The van der Waals surface area contributed by atoms with Gasteiger partial charge in [-0.1, -0.05) is 96.8 Å². The molecule has 9 nitrogen and oxygen atoms in total. The summed E-state index contributed by atoms with van der Waals surface area (Å²) in [4.78, 5) is 33.4. The Morgan fingerprint density at radius 1 is 1.04 bits per heavy atom. The number of carbonyl (C=O) groups excluding carboxylic acids is 2. The van der Waals surface area contributed by atoms with E-state index in [1.54, 1.807) is 53.9 Å². The highest BCUT2D eigenvalue weighted by molar-refractivity contribution is 8.00. The molecule has 1 amide bonds. The van der Waals surface area contributed by atoms with E-state index in [-0.39, 0.29) is 16.5 Å². The molecule has 47 heavy (non-hydrogen) atoms. The van der Waals surface area contributed by atoms with Gasteiger partial charge in [-0.2, -0.15) is 0 Å². The van der Waals surface area contributed by atoms with E-state index in [1.807, 2.05) is 24.3 Å². The Morgan fingerprint density at radius 3 is 2.62 bits per heavy atom. The fraction of sp³-hybridized carbons (Fsp3) is 0.265. The second-order valence-corrected chi connectivity index (χ2v) is 14.0. The van der Waals surface area contributed by atoms with Gasteiger partial charge in [0.05, 0.1) is 23.9 Å². The summed E-state index contributed by atoms with van der Waals surface area (Å²) in [6, 6.07) is 17.0. The highest BCUT2D eigenvalue weighted by Gasteiger charge is 2.49. The highest BCUT2D eigenvalue weighted by Crippen LogP contribution is 2.45. The van der Waals surface area contributed by atoms with Gasteiger partial charge in [-0.25, -0.2) is 4.98 Å². The number of unbranched alkanes of at least 4 members (excludes halogenated alkanes) is 3. The van der Waals surface area contributed by atoms with Crippen molar-refractivity contribution < 1.29 is 19.4 Å². The number of benzene rings is 2. The summed E-state index contributed by atoms with van der Waals surface area (Å²) in [5.41, 5.74) is 2.87. The molecule has 6 rings (SSSR count). The molecule has 0 aliphatic carbocycles. The Kier molecular flexibility index (Phi) is 10.2. The van der Waals surface area contributed by atoms with Crippen LogP contribution in [0, 0.1) is 6.92 Å². The third-order valence-corrected chi connectivity index (χ3v) is 10.5. The number of amides is 1. The number of fused-ring (bicyclic) bond motifs is 1. The van der Waals surface area contributed by atoms with Crippen LogP contribution in [0.4, 0.5) is 5.13 Å². The summed E-state index contributed by atoms with van der Waals surface area (Å²) in [5.74, 6) is -0.783. The minimum absolute atomic E-state index is 0.0608. The molecule has 2 aromatic carbocycles. The molecular weight excluding hydrogens is 677 g/mol. The van der Waals surface area contributed by atoms with Crippen molar-refractivity contribution in [2.75, 3.05) is 11.5 Å². The number of Topliss-reactive ketones (excluding diaryl/α,β-unsaturated/α-hetero) is 1. The maximum atomic E-state index is 13.8. The number of thioether (sulfide) groups is 1. The minimum Gasteiger partial charge on any atom is -0.505 e. The summed E-state index contributed by atoms with van der Waals surface area (Å²) in [6.45, 7) is 4.51. The van der Waals surface area contributed by atoms with Gasteiger partial charge in [-0.15, -0.1) is 10.2 Å². The number of ether oxygens (including phenoxy) is 1. The van der Waals surface area contributed by atoms with Crippen LogP contribution >= 0.6 is 46.3 Å². The van der Waals surface area contributed by atoms with Crippen LogP contribution in [-0.4, -0.2) is 43.0 Å². The quantitative estimate of drug-likeness (QED) is 0.0343. The summed E-state index contributed by atoms with van der Waals surface area (Å²) in [5, 5.41) is 21.7. The predicted octanol–water partition coefficient (Wildman–Crippen LogP) is 8.68. The number of aromatic nitrogens is 4. The summed E-state index contributed by atoms with van der Waals surface area (Å²) < 4.78 is 8.22. The van der Waals surface area contributed by atoms with Gasteiger partial charge in [-0.3, -0.25) is 18.9 Å². The van der Waals surface area contributed by atoms with Gasteiger partial charge in [0.2, 0.25) is 5.13 Å². The molecule has 0 spiro atoms. The number of hydrogen-bond donors (Lipinski definition) is 1. The molecule has 1 atom stereocenters. The first-order valence-corrected chi connectivity index (χ1v) is 17.7. The van der Waals surface area contributed by atoms with Crippen LogP contribution in [0.25, 0.3) is 11.4 Å². The van der Waals surface area contributed by atoms with E-state index in [9.17, 15) is 14.7 Å². The van der Waals surface area contributed by atoms with E-state index in [2.05, 4.69) is 22.1 Å². The third kappa shape index (κ3) is 6.89. The molecule has 1 saturated heterocycles. The number of nitrogens with zero attached hydrogens (tertiary/aromatic N) is 5. The monoisotopic (exact) mass is 707 g/mol. The molecule has 5 aromatic rings. The van der Waals surface area contributed by atoms with E-state index < -0.39 is 17.7 Å². The number of imidazole rings is 1. The van der Waals surface area contributed by atoms with Crippen molar-refractivity contribution in [3.63, 3.8) is 0 Å². The first kappa shape index (κ1) is 33.0. The molecule has 1 aliphatic rings. The van der Waals surface area contributed by atoms with E-state index in [4.69, 9.17) is 27.9 Å². The summed E-state index contributed by atoms with van der Waals surface area (Å²) in [7, 11) is 0. The number of anilines is 1. The number of halogens is 2. The number of hydrogen-bond acceptors (Lipinski definition) is 9. The van der Waals surface area contributed by atoms with Crippen LogP contribution in [-0.2, 0) is 15.3 Å². The first-order valence-electron chi connectivity index (χ1n) is 15.1. The molecule has 13 heteroatoms. The molecule has 0 radical (unpaired) electrons. The van der Waals surface area contributed by atoms with Crippen molar-refractivity contribution >= 4 is 74.5 Å². The smallest absolute Gasteiger partial charge is 0.301 e. The fourth-order valence-electron chi connectivity index (χ4n) is 5.47. The molecule has 1 unspecified atom stereocenters. The number of carbonyl (C=O) groups is 2. The Labute approximate surface area is 290 Å². The number of pyridine rings is 1. The second-order valence-electron chi connectivity index (χ2n) is 11.0. The van der Waals surface area contributed by atoms with E-state index >= 15 is 0 Å². The second kappa shape index (κ2) is 14.5. The van der Waals surface area contributed by atoms with E-state index in [0.29, 0.717) is 55.1 Å². The molecule has 0 bridgehead atoms. The largest absolute Gasteiger partial charge is 0.505 e. The van der Waals surface area contributed by atoms with Crippen LogP contribution in [0.2, 0.25) is 10.0 Å². The van der Waals surface area contributed by atoms with Gasteiger partial charge in [-0.05, 0) is 60.9 Å². The van der Waals surface area contributed by atoms with Crippen molar-refractivity contribution in [1.29, 1.82) is 0 Å². The zero-order valence-corrected chi connectivity index (χ0v) is 28.8. The van der Waals surface area contributed by atoms with E-state index in [0.717, 1.165) is 31.2 Å². The molecular formula is C34H31Cl2N5O4S2. The fourth-order valence-corrected chi connectivity index (χ4v) is 7.90. The van der Waals surface area contributed by atoms with Gasteiger partial charge >= 0.3 is 5.91 Å². The normalized spacial score (nSPS) is 16.0.